The van der Waals surface area contributed by atoms with Crippen molar-refractivity contribution in [1.29, 1.82) is 0 Å². The Morgan fingerprint density at radius 2 is 1.86 bits per heavy atom. The lowest BCUT2D eigenvalue weighted by atomic mass is 10.3. The molecule has 0 unspecified atom stereocenters. The molecule has 0 aliphatic carbocycles. The Morgan fingerprint density at radius 1 is 1.29 bits per heavy atom. The van der Waals surface area contributed by atoms with Gasteiger partial charge in [-0.15, -0.1) is 0 Å². The number of hydrogen-bond acceptors (Lipinski definition) is 3. The molecule has 7 heteroatoms. The van der Waals surface area contributed by atoms with Gasteiger partial charge in [-0.1, -0.05) is 47.2 Å². The first-order valence-electron chi connectivity index (χ1n) is 6.68. The van der Waals surface area contributed by atoms with Crippen molar-refractivity contribution in [3.8, 4) is 0 Å². The number of carbonyl (C=O) groups excluding carboxylic acids is 1. The molecule has 0 radical (unpaired) electrons. The molecule has 0 aromatic heterocycles. The van der Waals surface area contributed by atoms with Gasteiger partial charge in [0.05, 0.1) is 5.25 Å². The summed E-state index contributed by atoms with van der Waals surface area (Å²) in [6.07, 6.45) is 2.34. The van der Waals surface area contributed by atoms with Gasteiger partial charge in [-0.25, -0.2) is 0 Å². The van der Waals surface area contributed by atoms with Crippen molar-refractivity contribution in [2.24, 2.45) is 0 Å². The van der Waals surface area contributed by atoms with Gasteiger partial charge in [0.1, 0.15) is 4.32 Å². The molecule has 1 saturated heterocycles. The molecule has 1 aromatic rings. The summed E-state index contributed by atoms with van der Waals surface area (Å²) in [6.45, 7) is 3.82. The fourth-order valence-corrected chi connectivity index (χ4v) is 3.99. The second-order valence-corrected chi connectivity index (χ2v) is 7.72. The Labute approximate surface area is 144 Å². The maximum atomic E-state index is 12.2. The summed E-state index contributed by atoms with van der Waals surface area (Å²) in [4.78, 5) is 14.3. The first-order chi connectivity index (χ1) is 9.95. The van der Waals surface area contributed by atoms with Gasteiger partial charge in [0.15, 0.2) is 0 Å². The van der Waals surface area contributed by atoms with Gasteiger partial charge in [-0.05, 0) is 38.0 Å². The van der Waals surface area contributed by atoms with Crippen LogP contribution in [0.4, 0.5) is 5.69 Å². The highest BCUT2D eigenvalue weighted by atomic mass is 35.5. The lowest BCUT2D eigenvalue weighted by molar-refractivity contribution is -0.115. The highest BCUT2D eigenvalue weighted by Crippen LogP contribution is 2.24. The van der Waals surface area contributed by atoms with E-state index in [0.29, 0.717) is 15.7 Å². The van der Waals surface area contributed by atoms with Gasteiger partial charge >= 0.3 is 0 Å². The number of benzene rings is 1. The van der Waals surface area contributed by atoms with Crippen molar-refractivity contribution in [3.63, 3.8) is 0 Å². The molecule has 1 amide bonds. The van der Waals surface area contributed by atoms with Crippen molar-refractivity contribution in [2.45, 2.75) is 25.0 Å². The molecule has 1 N–H and O–H groups in total. The molecule has 1 aromatic carbocycles. The van der Waals surface area contributed by atoms with Crippen LogP contribution in [0.15, 0.2) is 18.2 Å². The Kier molecular flexibility index (Phi) is 6.17. The predicted molar refractivity (Wildman–Crippen MR) is 95.5 cm³/mol. The van der Waals surface area contributed by atoms with E-state index >= 15 is 0 Å². The normalized spacial score (nSPS) is 15.9. The molecule has 0 saturated carbocycles. The van der Waals surface area contributed by atoms with E-state index in [1.54, 1.807) is 18.2 Å². The molecule has 1 fully saturated rings. The Hall–Kier alpha value is -0.490. The van der Waals surface area contributed by atoms with Crippen LogP contribution < -0.4 is 5.32 Å². The number of likely N-dealkylation sites (tertiary alicyclic amines) is 1. The number of carbonyl (C=O) groups is 1. The third-order valence-corrected chi connectivity index (χ3v) is 5.15. The van der Waals surface area contributed by atoms with E-state index in [2.05, 4.69) is 10.2 Å². The lowest BCUT2D eigenvalue weighted by Crippen LogP contribution is -2.29. The number of halogens is 2. The zero-order valence-corrected chi connectivity index (χ0v) is 14.7. The van der Waals surface area contributed by atoms with Crippen LogP contribution in [-0.4, -0.2) is 33.5 Å². The Morgan fingerprint density at radius 3 is 2.43 bits per heavy atom. The van der Waals surface area contributed by atoms with Crippen LogP contribution >= 0.6 is 47.2 Å². The maximum absolute atomic E-state index is 12.2. The van der Waals surface area contributed by atoms with E-state index in [4.69, 9.17) is 35.4 Å². The summed E-state index contributed by atoms with van der Waals surface area (Å²) in [7, 11) is 0. The second-order valence-electron chi connectivity index (χ2n) is 4.87. The van der Waals surface area contributed by atoms with Crippen LogP contribution in [0.5, 0.6) is 0 Å². The van der Waals surface area contributed by atoms with Crippen LogP contribution in [-0.2, 0) is 4.79 Å². The van der Waals surface area contributed by atoms with Crippen molar-refractivity contribution in [2.75, 3.05) is 18.4 Å². The minimum absolute atomic E-state index is 0.111. The van der Waals surface area contributed by atoms with Crippen molar-refractivity contribution in [1.82, 2.24) is 4.90 Å². The smallest absolute Gasteiger partial charge is 0.237 e. The predicted octanol–water partition coefficient (Wildman–Crippen LogP) is 4.43. The topological polar surface area (TPSA) is 32.3 Å². The van der Waals surface area contributed by atoms with E-state index in [1.165, 1.54) is 24.6 Å². The van der Waals surface area contributed by atoms with E-state index in [-0.39, 0.29) is 11.2 Å². The van der Waals surface area contributed by atoms with E-state index in [9.17, 15) is 4.79 Å². The molecule has 0 bridgehead atoms. The molecule has 2 rings (SSSR count). The van der Waals surface area contributed by atoms with Gasteiger partial charge in [0.2, 0.25) is 5.91 Å². The van der Waals surface area contributed by atoms with E-state index in [1.807, 2.05) is 6.92 Å². The van der Waals surface area contributed by atoms with Gasteiger partial charge in [-0.2, -0.15) is 0 Å². The summed E-state index contributed by atoms with van der Waals surface area (Å²) in [5, 5.41) is 3.53. The van der Waals surface area contributed by atoms with E-state index in [0.717, 1.165) is 17.4 Å². The number of amides is 1. The summed E-state index contributed by atoms with van der Waals surface area (Å²) in [5.74, 6) is -0.111. The number of rotatable bonds is 3. The molecule has 1 heterocycles. The highest BCUT2D eigenvalue weighted by Gasteiger charge is 2.21. The van der Waals surface area contributed by atoms with Gasteiger partial charge < -0.3 is 10.2 Å². The van der Waals surface area contributed by atoms with Crippen LogP contribution in [0.3, 0.4) is 0 Å². The fraction of sp³-hybridized carbons (Fsp3) is 0.429. The van der Waals surface area contributed by atoms with Gasteiger partial charge in [-0.3, -0.25) is 4.79 Å². The minimum atomic E-state index is -0.268. The molecule has 1 aliphatic rings. The Balaban J connectivity index is 1.91. The van der Waals surface area contributed by atoms with E-state index < -0.39 is 0 Å². The van der Waals surface area contributed by atoms with Crippen LogP contribution in [0.1, 0.15) is 19.8 Å². The molecule has 21 heavy (non-hydrogen) atoms. The monoisotopic (exact) mass is 362 g/mol. The number of thiocarbonyl (C=S) groups is 1. The summed E-state index contributed by atoms with van der Waals surface area (Å²) in [6, 6.07) is 4.96. The van der Waals surface area contributed by atoms with Crippen molar-refractivity contribution < 1.29 is 4.79 Å². The van der Waals surface area contributed by atoms with Gasteiger partial charge in [0.25, 0.3) is 0 Å². The highest BCUT2D eigenvalue weighted by molar-refractivity contribution is 8.23. The molecular weight excluding hydrogens is 347 g/mol. The molecule has 1 atom stereocenters. The van der Waals surface area contributed by atoms with Crippen molar-refractivity contribution in [3.05, 3.63) is 28.2 Å². The lowest BCUT2D eigenvalue weighted by Gasteiger charge is -2.20. The van der Waals surface area contributed by atoms with Crippen molar-refractivity contribution >= 4 is 63.1 Å². The van der Waals surface area contributed by atoms with Crippen LogP contribution in [0.2, 0.25) is 10.0 Å². The first-order valence-corrected chi connectivity index (χ1v) is 8.72. The standard InChI is InChI=1S/C14H16Cl2N2OS2/c1-9(21-14(20)18-4-2-3-5-18)13(19)17-12-7-10(15)6-11(16)8-12/h6-9H,2-5H2,1H3,(H,17,19)/t9-/m1/s1. The molecule has 3 nitrogen and oxygen atoms in total. The summed E-state index contributed by atoms with van der Waals surface area (Å²) in [5.41, 5.74) is 0.594. The maximum Gasteiger partial charge on any atom is 0.237 e. The number of nitrogens with zero attached hydrogens (tertiary/aromatic N) is 1. The molecule has 114 valence electrons. The molecule has 1 aliphatic heterocycles. The Bertz CT molecular complexity index is 528. The average Bonchev–Trinajstić information content (AvgIpc) is 2.91. The minimum Gasteiger partial charge on any atom is -0.358 e. The summed E-state index contributed by atoms with van der Waals surface area (Å²) < 4.78 is 0.791. The molecular formula is C14H16Cl2N2OS2. The SMILES string of the molecule is C[C@@H](SC(=S)N1CCCC1)C(=O)Nc1cc(Cl)cc(Cl)c1. The number of thioether (sulfide) groups is 1. The number of anilines is 1. The quantitative estimate of drug-likeness (QED) is 0.805. The number of hydrogen-bond donors (Lipinski definition) is 1. The first kappa shape index (κ1) is 16.9. The van der Waals surface area contributed by atoms with Gasteiger partial charge in [0, 0.05) is 28.8 Å². The molecule has 0 spiro atoms. The number of nitrogens with one attached hydrogen (secondary N) is 1. The second kappa shape index (κ2) is 7.68. The fourth-order valence-electron chi connectivity index (χ4n) is 2.05. The zero-order valence-electron chi connectivity index (χ0n) is 11.6. The third kappa shape index (κ3) is 5.02. The van der Waals surface area contributed by atoms with Crippen LogP contribution in [0.25, 0.3) is 0 Å². The largest absolute Gasteiger partial charge is 0.358 e. The third-order valence-electron chi connectivity index (χ3n) is 3.14. The zero-order chi connectivity index (χ0) is 15.4. The van der Waals surface area contributed by atoms with Crippen LogP contribution in [0, 0.1) is 0 Å². The average molecular weight is 363 g/mol. The summed E-state index contributed by atoms with van der Waals surface area (Å²) >= 11 is 18.6.